The molecule has 2 heterocycles. The van der Waals surface area contributed by atoms with Crippen LogP contribution in [0.5, 0.6) is 11.5 Å². The van der Waals surface area contributed by atoms with E-state index in [0.29, 0.717) is 17.8 Å². The van der Waals surface area contributed by atoms with Gasteiger partial charge in [0.15, 0.2) is 11.5 Å². The molecule has 1 aromatic rings. The number of carbonyl (C=O) groups is 1. The monoisotopic (exact) mass is 288 g/mol. The molecule has 1 unspecified atom stereocenters. The van der Waals surface area contributed by atoms with E-state index >= 15 is 0 Å². The van der Waals surface area contributed by atoms with Gasteiger partial charge in [0.2, 0.25) is 6.79 Å². The molecule has 0 amide bonds. The van der Waals surface area contributed by atoms with Gasteiger partial charge in [0.25, 0.3) is 0 Å². The molecule has 0 saturated carbocycles. The number of esters is 1. The molecule has 3 rings (SSSR count). The lowest BCUT2D eigenvalue weighted by Crippen LogP contribution is -2.24. The number of carbonyl (C=O) groups excluding carboxylic acids is 1. The first kappa shape index (κ1) is 13.5. The Kier molecular flexibility index (Phi) is 3.56. The van der Waals surface area contributed by atoms with Crippen molar-refractivity contribution in [2.45, 2.75) is 19.4 Å². The van der Waals surface area contributed by atoms with Gasteiger partial charge in [0, 0.05) is 6.42 Å². The number of hydrogen-bond donors (Lipinski definition) is 0. The first-order valence-corrected chi connectivity index (χ1v) is 6.70. The van der Waals surface area contributed by atoms with Gasteiger partial charge in [-0.25, -0.2) is 4.79 Å². The van der Waals surface area contributed by atoms with E-state index in [1.54, 1.807) is 14.0 Å². The highest BCUT2D eigenvalue weighted by molar-refractivity contribution is 5.89. The van der Waals surface area contributed by atoms with Crippen molar-refractivity contribution < 1.29 is 23.7 Å². The quantitative estimate of drug-likeness (QED) is 0.800. The summed E-state index contributed by atoms with van der Waals surface area (Å²) in [4.78, 5) is 11.7. The van der Waals surface area contributed by atoms with Crippen molar-refractivity contribution in [3.05, 3.63) is 41.2 Å². The normalized spacial score (nSPS) is 20.9. The van der Waals surface area contributed by atoms with Crippen molar-refractivity contribution in [3.63, 3.8) is 0 Å². The fourth-order valence-corrected chi connectivity index (χ4v) is 2.30. The predicted molar refractivity (Wildman–Crippen MR) is 75.8 cm³/mol. The Balaban J connectivity index is 1.73. The second-order valence-electron chi connectivity index (χ2n) is 4.87. The number of benzene rings is 1. The van der Waals surface area contributed by atoms with Crippen LogP contribution in [-0.2, 0) is 14.3 Å². The topological polar surface area (TPSA) is 54.0 Å². The van der Waals surface area contributed by atoms with E-state index in [-0.39, 0.29) is 18.9 Å². The van der Waals surface area contributed by atoms with Gasteiger partial charge in [-0.3, -0.25) is 0 Å². The fraction of sp³-hybridized carbons (Fsp3) is 0.312. The summed E-state index contributed by atoms with van der Waals surface area (Å²) < 4.78 is 21.1. The summed E-state index contributed by atoms with van der Waals surface area (Å²) in [7, 11) is 1.57. The molecule has 0 spiro atoms. The molecule has 2 aliphatic heterocycles. The average molecular weight is 288 g/mol. The maximum atomic E-state index is 11.7. The van der Waals surface area contributed by atoms with Gasteiger partial charge < -0.3 is 18.9 Å². The summed E-state index contributed by atoms with van der Waals surface area (Å²) in [6.07, 6.45) is 3.98. The zero-order chi connectivity index (χ0) is 14.8. The lowest BCUT2D eigenvalue weighted by atomic mass is 10.1. The van der Waals surface area contributed by atoms with Crippen LogP contribution in [0.4, 0.5) is 0 Å². The van der Waals surface area contributed by atoms with Gasteiger partial charge in [-0.2, -0.15) is 0 Å². The smallest absolute Gasteiger partial charge is 0.337 e. The minimum absolute atomic E-state index is 0.254. The molecule has 0 fully saturated rings. The molecule has 5 nitrogen and oxygen atoms in total. The van der Waals surface area contributed by atoms with Crippen molar-refractivity contribution in [2.75, 3.05) is 13.9 Å². The molecule has 2 aliphatic rings. The Morgan fingerprint density at radius 3 is 2.90 bits per heavy atom. The van der Waals surface area contributed by atoms with E-state index in [4.69, 9.17) is 18.9 Å². The largest absolute Gasteiger partial charge is 0.500 e. The number of fused-ring (bicyclic) bond motifs is 1. The van der Waals surface area contributed by atoms with Gasteiger partial charge in [-0.05, 0) is 30.7 Å². The van der Waals surface area contributed by atoms with Crippen LogP contribution >= 0.6 is 0 Å². The average Bonchev–Trinajstić information content (AvgIpc) is 2.95. The Labute approximate surface area is 122 Å². The van der Waals surface area contributed by atoms with Crippen molar-refractivity contribution in [2.24, 2.45) is 0 Å². The Morgan fingerprint density at radius 1 is 1.29 bits per heavy atom. The molecule has 1 atom stereocenters. The van der Waals surface area contributed by atoms with Crippen molar-refractivity contribution >= 4 is 12.0 Å². The first-order chi connectivity index (χ1) is 10.2. The molecule has 1 aromatic carbocycles. The zero-order valence-electron chi connectivity index (χ0n) is 11.9. The highest BCUT2D eigenvalue weighted by Crippen LogP contribution is 2.33. The van der Waals surface area contributed by atoms with Gasteiger partial charge in [0.1, 0.15) is 11.9 Å². The van der Waals surface area contributed by atoms with Crippen LogP contribution in [-0.4, -0.2) is 26.0 Å². The summed E-state index contributed by atoms with van der Waals surface area (Å²) in [5, 5.41) is 0. The Hall–Kier alpha value is -2.43. The highest BCUT2D eigenvalue weighted by Gasteiger charge is 2.25. The van der Waals surface area contributed by atoms with Crippen LogP contribution in [0.3, 0.4) is 0 Å². The molecule has 0 aromatic heterocycles. The molecule has 110 valence electrons. The lowest BCUT2D eigenvalue weighted by molar-refractivity contribution is -0.144. The predicted octanol–water partition coefficient (Wildman–Crippen LogP) is 2.66. The third kappa shape index (κ3) is 2.72. The molecular formula is C16H16O5. The van der Waals surface area contributed by atoms with Gasteiger partial charge in [-0.1, -0.05) is 12.1 Å². The molecule has 5 heteroatoms. The van der Waals surface area contributed by atoms with Crippen LogP contribution < -0.4 is 9.47 Å². The number of ether oxygens (including phenoxy) is 4. The maximum absolute atomic E-state index is 11.7. The van der Waals surface area contributed by atoms with Gasteiger partial charge >= 0.3 is 5.97 Å². The van der Waals surface area contributed by atoms with Gasteiger partial charge in [0.05, 0.1) is 12.7 Å². The summed E-state index contributed by atoms with van der Waals surface area (Å²) >= 11 is 0. The Bertz CT molecular complexity index is 630. The summed E-state index contributed by atoms with van der Waals surface area (Å²) in [6, 6.07) is 5.67. The van der Waals surface area contributed by atoms with E-state index < -0.39 is 0 Å². The molecular weight excluding hydrogens is 272 g/mol. The fourth-order valence-electron chi connectivity index (χ4n) is 2.30. The molecule has 21 heavy (non-hydrogen) atoms. The number of hydrogen-bond acceptors (Lipinski definition) is 5. The summed E-state index contributed by atoms with van der Waals surface area (Å²) in [6.45, 7) is 1.96. The van der Waals surface area contributed by atoms with E-state index in [1.165, 1.54) is 0 Å². The van der Waals surface area contributed by atoms with Crippen molar-refractivity contribution in [1.29, 1.82) is 0 Å². The maximum Gasteiger partial charge on any atom is 0.337 e. The van der Waals surface area contributed by atoms with E-state index in [0.717, 1.165) is 17.1 Å². The van der Waals surface area contributed by atoms with E-state index in [1.807, 2.05) is 30.4 Å². The van der Waals surface area contributed by atoms with Crippen molar-refractivity contribution in [3.8, 4) is 11.5 Å². The van der Waals surface area contributed by atoms with Crippen LogP contribution in [0.2, 0.25) is 0 Å². The second kappa shape index (κ2) is 5.52. The van der Waals surface area contributed by atoms with Crippen LogP contribution in [0.15, 0.2) is 35.6 Å². The molecule has 0 saturated heterocycles. The third-order valence-corrected chi connectivity index (χ3v) is 3.52. The molecule has 0 N–H and O–H groups in total. The molecule has 0 aliphatic carbocycles. The minimum atomic E-state index is -0.335. The number of rotatable bonds is 3. The molecule has 0 bridgehead atoms. The standard InChI is InChI=1S/C16H16O5/c1-10-14(18-2)8-12(21-16(10)17)5-3-11-4-6-13-15(7-11)20-9-19-13/h3-7,12H,8-9H2,1-2H3. The van der Waals surface area contributed by atoms with Crippen LogP contribution in [0, 0.1) is 0 Å². The van der Waals surface area contributed by atoms with Gasteiger partial charge in [-0.15, -0.1) is 0 Å². The lowest BCUT2D eigenvalue weighted by Gasteiger charge is -2.22. The van der Waals surface area contributed by atoms with E-state index in [9.17, 15) is 4.79 Å². The second-order valence-corrected chi connectivity index (χ2v) is 4.87. The Morgan fingerprint density at radius 2 is 2.10 bits per heavy atom. The zero-order valence-corrected chi connectivity index (χ0v) is 11.9. The van der Waals surface area contributed by atoms with Crippen LogP contribution in [0.1, 0.15) is 18.9 Å². The van der Waals surface area contributed by atoms with Crippen LogP contribution in [0.25, 0.3) is 6.08 Å². The van der Waals surface area contributed by atoms with Crippen molar-refractivity contribution in [1.82, 2.24) is 0 Å². The number of methoxy groups -OCH3 is 1. The third-order valence-electron chi connectivity index (χ3n) is 3.52. The summed E-state index contributed by atoms with van der Waals surface area (Å²) in [5.74, 6) is 1.81. The number of cyclic esters (lactones) is 1. The first-order valence-electron chi connectivity index (χ1n) is 6.70. The highest BCUT2D eigenvalue weighted by atomic mass is 16.7. The van der Waals surface area contributed by atoms with E-state index in [2.05, 4.69) is 0 Å². The summed E-state index contributed by atoms with van der Waals surface area (Å²) in [5.41, 5.74) is 1.49. The minimum Gasteiger partial charge on any atom is -0.500 e. The molecule has 0 radical (unpaired) electrons. The SMILES string of the molecule is COC1=C(C)C(=O)OC(C=Cc2ccc3c(c2)OCO3)C1.